The zero-order chi connectivity index (χ0) is 41.0. The maximum absolute atomic E-state index is 10.7. The molecule has 0 amide bonds. The number of halogens is 12. The molecule has 0 atom stereocenters. The standard InChI is InChI=1S/C28H32N6O6.2F6P/c35-27-3-1-23(15-25(27)17-29-37)19-33-7-5-31(21-33)9-11-39-13-14-40-12-10-32-6-8-34(22-32)20-24-2-4-28(36)26(16-24)18-30-38;2*1-7(2,3,4,5)6/h1-8,15-18,21-22H,9-14,19-20H2,(H2-2,29,30,35,36,37,38);;/q;2*-1/p+2. The summed E-state index contributed by atoms with van der Waals surface area (Å²) in [5.41, 5.74) is 2.87. The van der Waals surface area contributed by atoms with E-state index in [2.05, 4.69) is 10.3 Å². The first-order valence-electron chi connectivity index (χ1n) is 14.8. The number of nitrogens with zero attached hydrogens (tertiary/aromatic N) is 6. The van der Waals surface area contributed by atoms with Gasteiger partial charge in [0.25, 0.3) is 0 Å². The Balaban J connectivity index is 0.000000610. The van der Waals surface area contributed by atoms with Gasteiger partial charge in [-0.05, 0) is 35.4 Å². The molecule has 0 aliphatic heterocycles. The molecular weight excluding hydrogens is 806 g/mol. The Hall–Kier alpha value is -4.66. The number of ether oxygens (including phenoxy) is 2. The van der Waals surface area contributed by atoms with Gasteiger partial charge in [0.1, 0.15) is 62.5 Å². The predicted molar refractivity (Wildman–Crippen MR) is 171 cm³/mol. The molecule has 0 aliphatic carbocycles. The molecule has 0 spiro atoms. The van der Waals surface area contributed by atoms with E-state index in [1.165, 1.54) is 12.4 Å². The van der Waals surface area contributed by atoms with E-state index in [-0.39, 0.29) is 11.5 Å². The number of rotatable bonds is 15. The second-order valence-corrected chi connectivity index (χ2v) is 14.9. The number of aromatic hydroxyl groups is 2. The number of oxime groups is 2. The van der Waals surface area contributed by atoms with E-state index in [9.17, 15) is 60.6 Å². The van der Waals surface area contributed by atoms with Crippen LogP contribution in [0.4, 0.5) is 50.4 Å². The summed E-state index contributed by atoms with van der Waals surface area (Å²) in [4.78, 5) is 0. The van der Waals surface area contributed by atoms with E-state index in [0.29, 0.717) is 63.7 Å². The topological polar surface area (TPSA) is 142 Å². The number of benzene rings is 2. The van der Waals surface area contributed by atoms with Crippen LogP contribution in [0.25, 0.3) is 0 Å². The van der Waals surface area contributed by atoms with Crippen LogP contribution in [0.5, 0.6) is 11.5 Å². The minimum Gasteiger partial charge on any atom is -0.507 e. The van der Waals surface area contributed by atoms with Gasteiger partial charge in [-0.3, -0.25) is 0 Å². The Bertz CT molecular complexity index is 1730. The molecule has 0 saturated heterocycles. The summed E-state index contributed by atoms with van der Waals surface area (Å²) in [7, 11) is -21.3. The van der Waals surface area contributed by atoms with Crippen molar-refractivity contribution in [3.63, 3.8) is 0 Å². The van der Waals surface area contributed by atoms with Crippen molar-refractivity contribution in [1.82, 2.24) is 9.13 Å². The summed E-state index contributed by atoms with van der Waals surface area (Å²) in [6.07, 6.45) is 14.3. The average Bonchev–Trinajstić information content (AvgIpc) is 3.64. The molecule has 2 aromatic carbocycles. The third-order valence-electron chi connectivity index (χ3n) is 6.16. The smallest absolute Gasteiger partial charge is 0.244 e. The minimum atomic E-state index is -10.7. The maximum Gasteiger partial charge on any atom is 0.244 e. The second kappa shape index (κ2) is 16.4. The van der Waals surface area contributed by atoms with Gasteiger partial charge >= 0.3 is 66.0 Å². The number of phenolic OH excluding ortho intramolecular Hbond substituents is 2. The summed E-state index contributed by atoms with van der Waals surface area (Å²) >= 11 is 0. The zero-order valence-electron chi connectivity index (χ0n) is 27.5. The molecule has 306 valence electrons. The number of phenols is 2. The van der Waals surface area contributed by atoms with E-state index in [1.54, 1.807) is 24.3 Å². The van der Waals surface area contributed by atoms with Crippen molar-refractivity contribution in [3.8, 4) is 11.5 Å². The maximum atomic E-state index is 9.87. The van der Waals surface area contributed by atoms with Crippen LogP contribution < -0.4 is 9.13 Å². The SMILES string of the molecule is F[P-](F)(F)(F)(F)F.F[P-](F)(F)(F)(F)F.O/N=C/c1cc(C[n+]2ccn(CCOCCOCCn3cc[n+](Cc4ccc(O)c(/C=N/O)c4)c3)c2)ccc1O. The van der Waals surface area contributed by atoms with Gasteiger partial charge in [0.05, 0.1) is 38.9 Å². The van der Waals surface area contributed by atoms with E-state index in [1.807, 2.05) is 67.8 Å². The molecule has 4 aromatic rings. The summed E-state index contributed by atoms with van der Waals surface area (Å²) < 4.78 is 138. The largest absolute Gasteiger partial charge is 0.507 e. The van der Waals surface area contributed by atoms with Crippen LogP contribution in [0.3, 0.4) is 0 Å². The molecule has 26 heteroatoms. The Labute approximate surface area is 297 Å². The predicted octanol–water partition coefficient (Wildman–Crippen LogP) is 8.49. The number of imidazole rings is 2. The number of hydrogen-bond acceptors (Lipinski definition) is 8. The first-order valence-corrected chi connectivity index (χ1v) is 18.9. The van der Waals surface area contributed by atoms with Crippen molar-refractivity contribution in [2.24, 2.45) is 10.3 Å². The van der Waals surface area contributed by atoms with Gasteiger partial charge in [0.15, 0.2) is 0 Å². The summed E-state index contributed by atoms with van der Waals surface area (Å²) in [6, 6.07) is 10.4. The fourth-order valence-electron chi connectivity index (χ4n) is 4.15. The number of aromatic nitrogens is 4. The van der Waals surface area contributed by atoms with Crippen molar-refractivity contribution in [1.29, 1.82) is 0 Å². The Kier molecular flexibility index (Phi) is 13.8. The third-order valence-corrected chi connectivity index (χ3v) is 6.16. The van der Waals surface area contributed by atoms with Crippen LogP contribution in [-0.2, 0) is 35.7 Å². The van der Waals surface area contributed by atoms with Crippen LogP contribution >= 0.6 is 15.6 Å². The molecule has 12 nitrogen and oxygen atoms in total. The van der Waals surface area contributed by atoms with Gasteiger partial charge in [0.2, 0.25) is 12.7 Å². The summed E-state index contributed by atoms with van der Waals surface area (Å²) in [5.74, 6) is 0.131. The molecule has 2 heterocycles. The molecular formula is C28H34F12N6O6P2. The van der Waals surface area contributed by atoms with Gasteiger partial charge in [-0.15, -0.1) is 0 Å². The van der Waals surface area contributed by atoms with Crippen molar-refractivity contribution >= 4 is 28.0 Å². The molecule has 54 heavy (non-hydrogen) atoms. The summed E-state index contributed by atoms with van der Waals surface area (Å²) in [6.45, 7) is 4.81. The van der Waals surface area contributed by atoms with Gasteiger partial charge in [-0.25, -0.2) is 18.3 Å². The van der Waals surface area contributed by atoms with Gasteiger partial charge in [0, 0.05) is 11.1 Å². The number of hydrogen-bond donors (Lipinski definition) is 4. The van der Waals surface area contributed by atoms with E-state index < -0.39 is 15.6 Å². The molecule has 0 aliphatic rings. The van der Waals surface area contributed by atoms with Crippen molar-refractivity contribution < 1.29 is 89.6 Å². The van der Waals surface area contributed by atoms with E-state index in [0.717, 1.165) is 11.1 Å². The van der Waals surface area contributed by atoms with E-state index in [4.69, 9.17) is 19.9 Å². The van der Waals surface area contributed by atoms with Crippen molar-refractivity contribution in [3.05, 3.63) is 96.1 Å². The van der Waals surface area contributed by atoms with Gasteiger partial charge < -0.3 is 30.1 Å². The monoisotopic (exact) mass is 840 g/mol. The Morgan fingerprint density at radius 3 is 1.22 bits per heavy atom. The van der Waals surface area contributed by atoms with Crippen LogP contribution in [0.1, 0.15) is 22.3 Å². The van der Waals surface area contributed by atoms with E-state index >= 15 is 0 Å². The van der Waals surface area contributed by atoms with Crippen molar-refractivity contribution in [2.45, 2.75) is 26.2 Å². The molecule has 0 radical (unpaired) electrons. The van der Waals surface area contributed by atoms with Crippen LogP contribution in [0.2, 0.25) is 0 Å². The van der Waals surface area contributed by atoms with Gasteiger partial charge in [-0.2, -0.15) is 0 Å². The minimum absolute atomic E-state index is 0.0657. The normalized spacial score (nSPS) is 14.7. The fourth-order valence-corrected chi connectivity index (χ4v) is 4.15. The quantitative estimate of drug-likeness (QED) is 0.0180. The Morgan fingerprint density at radius 1 is 0.574 bits per heavy atom. The molecule has 2 aromatic heterocycles. The first-order chi connectivity index (χ1) is 24.4. The second-order valence-electron chi connectivity index (χ2n) is 11.1. The van der Waals surface area contributed by atoms with Crippen molar-refractivity contribution in [2.75, 3.05) is 26.4 Å². The molecule has 0 saturated carbocycles. The Morgan fingerprint density at radius 2 is 0.907 bits per heavy atom. The average molecular weight is 841 g/mol. The van der Waals surface area contributed by atoms with Crippen LogP contribution in [-0.4, -0.2) is 68.6 Å². The zero-order valence-corrected chi connectivity index (χ0v) is 29.2. The summed E-state index contributed by atoms with van der Waals surface area (Å²) in [5, 5.41) is 43.0. The molecule has 0 bridgehead atoms. The van der Waals surface area contributed by atoms with Crippen LogP contribution in [0.15, 0.2) is 84.2 Å². The fraction of sp³-hybridized carbons (Fsp3) is 0.286. The molecule has 4 rings (SSSR count). The van der Waals surface area contributed by atoms with Crippen LogP contribution in [0, 0.1) is 0 Å². The first kappa shape index (κ1) is 45.5. The van der Waals surface area contributed by atoms with Gasteiger partial charge in [-0.1, -0.05) is 22.4 Å². The third kappa shape index (κ3) is 24.6. The molecule has 0 fully saturated rings. The molecule has 4 N–H and O–H groups in total. The molecule has 0 unspecified atom stereocenters.